The summed E-state index contributed by atoms with van der Waals surface area (Å²) < 4.78 is 49.3. The van der Waals surface area contributed by atoms with Gasteiger partial charge in [0.15, 0.2) is 23.0 Å². The van der Waals surface area contributed by atoms with Crippen LogP contribution in [0.4, 0.5) is 0 Å². The van der Waals surface area contributed by atoms with Crippen LogP contribution in [-0.2, 0) is 13.9 Å². The van der Waals surface area contributed by atoms with Gasteiger partial charge in [0.25, 0.3) is 0 Å². The van der Waals surface area contributed by atoms with Gasteiger partial charge in [0, 0.05) is 13.3 Å². The Morgan fingerprint density at radius 3 is 1.34 bits per heavy atom. The fourth-order valence-electron chi connectivity index (χ4n) is 2.18. The Balaban J connectivity index is 1.72. The molecular formula is C18H24O9P2. The lowest BCUT2D eigenvalue weighted by Gasteiger charge is -2.15. The molecule has 29 heavy (non-hydrogen) atoms. The fraction of sp³-hybridized carbons (Fsp3) is 0.333. The zero-order valence-electron chi connectivity index (χ0n) is 16.1. The van der Waals surface area contributed by atoms with Crippen LogP contribution in [0.15, 0.2) is 48.5 Å². The third-order valence-electron chi connectivity index (χ3n) is 3.20. The maximum Gasteiger partial charge on any atom is 0.373 e. The average Bonchev–Trinajstić information content (AvgIpc) is 2.61. The van der Waals surface area contributed by atoms with Gasteiger partial charge in [-0.1, -0.05) is 24.3 Å². The Bertz CT molecular complexity index is 804. The molecule has 9 nitrogen and oxygen atoms in total. The van der Waals surface area contributed by atoms with Crippen molar-refractivity contribution in [3.05, 3.63) is 48.5 Å². The molecule has 0 bridgehead atoms. The number of ether oxygens (including phenoxy) is 3. The van der Waals surface area contributed by atoms with Crippen LogP contribution in [0.2, 0.25) is 0 Å². The van der Waals surface area contributed by atoms with Crippen molar-refractivity contribution in [2.24, 2.45) is 0 Å². The van der Waals surface area contributed by atoms with Crippen LogP contribution >= 0.6 is 15.2 Å². The van der Waals surface area contributed by atoms with Crippen LogP contribution in [0, 0.1) is 0 Å². The maximum absolute atomic E-state index is 11.4. The summed E-state index contributed by atoms with van der Waals surface area (Å²) in [6, 6.07) is 13.1. The molecule has 0 aliphatic heterocycles. The number of rotatable bonds is 12. The summed E-state index contributed by atoms with van der Waals surface area (Å²) in [6.07, 6.45) is 0. The third kappa shape index (κ3) is 9.35. The van der Waals surface area contributed by atoms with Gasteiger partial charge in [-0.05, 0) is 24.3 Å². The van der Waals surface area contributed by atoms with Gasteiger partial charge in [0.2, 0.25) is 0 Å². The highest BCUT2D eigenvalue weighted by Gasteiger charge is 2.16. The highest BCUT2D eigenvalue weighted by atomic mass is 31.2. The Labute approximate surface area is 169 Å². The number of hydrogen-bond donors (Lipinski definition) is 2. The highest BCUT2D eigenvalue weighted by Crippen LogP contribution is 2.43. The summed E-state index contributed by atoms with van der Waals surface area (Å²) in [5.74, 6) is 1.03. The van der Waals surface area contributed by atoms with Gasteiger partial charge >= 0.3 is 15.2 Å². The monoisotopic (exact) mass is 446 g/mol. The largest absolute Gasteiger partial charge is 0.487 e. The lowest BCUT2D eigenvalue weighted by Crippen LogP contribution is -2.12. The first-order valence-electron chi connectivity index (χ1n) is 8.65. The topological polar surface area (TPSA) is 121 Å². The van der Waals surface area contributed by atoms with Crippen LogP contribution in [0.1, 0.15) is 0 Å². The molecular weight excluding hydrogens is 422 g/mol. The van der Waals surface area contributed by atoms with Crippen LogP contribution < -0.4 is 18.5 Å². The molecule has 0 aromatic heterocycles. The lowest BCUT2D eigenvalue weighted by molar-refractivity contribution is 0.0755. The van der Waals surface area contributed by atoms with E-state index in [4.69, 9.17) is 23.3 Å². The van der Waals surface area contributed by atoms with E-state index in [1.807, 2.05) is 0 Å². The van der Waals surface area contributed by atoms with Crippen molar-refractivity contribution in [3.63, 3.8) is 0 Å². The van der Waals surface area contributed by atoms with Gasteiger partial charge in [0.05, 0.1) is 13.2 Å². The van der Waals surface area contributed by atoms with E-state index < -0.39 is 15.2 Å². The molecule has 0 saturated heterocycles. The predicted octanol–water partition coefficient (Wildman–Crippen LogP) is 3.55. The van der Waals surface area contributed by atoms with E-state index in [1.54, 1.807) is 36.4 Å². The van der Waals surface area contributed by atoms with Crippen LogP contribution in [0.3, 0.4) is 0 Å². The number of para-hydroxylation sites is 4. The quantitative estimate of drug-likeness (QED) is 0.372. The summed E-state index contributed by atoms with van der Waals surface area (Å²) >= 11 is 0. The standard InChI is InChI=1S/C18H24O9P2/c1-28(19,20)26-17-9-5-3-7-15(17)24-13-11-23-12-14-25-16-8-4-6-10-18(16)27-29(2,21)22/h3-10H,11-14H2,1-2H3,(H,19,20)(H,21,22). The molecule has 2 rings (SSSR count). The Hall–Kier alpha value is -2.02. The molecule has 0 aliphatic carbocycles. The molecule has 2 unspecified atom stereocenters. The first-order valence-corrected chi connectivity index (χ1v) is 12.7. The predicted molar refractivity (Wildman–Crippen MR) is 107 cm³/mol. The van der Waals surface area contributed by atoms with Crippen molar-refractivity contribution in [2.45, 2.75) is 0 Å². The maximum atomic E-state index is 11.4. The van der Waals surface area contributed by atoms with E-state index in [0.29, 0.717) is 11.5 Å². The van der Waals surface area contributed by atoms with Gasteiger partial charge in [-0.15, -0.1) is 0 Å². The zero-order valence-corrected chi connectivity index (χ0v) is 17.9. The molecule has 2 N–H and O–H groups in total. The molecule has 0 heterocycles. The van der Waals surface area contributed by atoms with E-state index in [1.165, 1.54) is 12.1 Å². The smallest absolute Gasteiger partial charge is 0.373 e. The van der Waals surface area contributed by atoms with E-state index in [2.05, 4.69) is 0 Å². The SMILES string of the molecule is CP(=O)(O)Oc1ccccc1OCCOCCOc1ccccc1OP(C)(=O)O. The Kier molecular flexibility index (Phi) is 8.56. The molecule has 0 spiro atoms. The van der Waals surface area contributed by atoms with Crippen LogP contribution in [-0.4, -0.2) is 49.5 Å². The summed E-state index contributed by atoms with van der Waals surface area (Å²) in [5, 5.41) is 0. The minimum atomic E-state index is -3.69. The van der Waals surface area contributed by atoms with Crippen molar-refractivity contribution >= 4 is 15.2 Å². The molecule has 0 fully saturated rings. The number of benzene rings is 2. The van der Waals surface area contributed by atoms with Crippen molar-refractivity contribution in [2.75, 3.05) is 39.8 Å². The molecule has 11 heteroatoms. The second-order valence-corrected chi connectivity index (χ2v) is 9.57. The molecule has 0 saturated carbocycles. The van der Waals surface area contributed by atoms with Crippen LogP contribution in [0.5, 0.6) is 23.0 Å². The fourth-order valence-corrected chi connectivity index (χ4v) is 3.21. The first kappa shape index (κ1) is 23.3. The molecule has 2 atom stereocenters. The Morgan fingerprint density at radius 2 is 1.00 bits per heavy atom. The molecule has 2 aromatic carbocycles. The van der Waals surface area contributed by atoms with Crippen molar-refractivity contribution in [1.29, 1.82) is 0 Å². The van der Waals surface area contributed by atoms with Gasteiger partial charge in [-0.3, -0.25) is 0 Å². The minimum Gasteiger partial charge on any atom is -0.487 e. The zero-order chi connectivity index (χ0) is 21.3. The summed E-state index contributed by atoms with van der Waals surface area (Å²) in [6.45, 7) is 3.08. The normalized spacial score (nSPS) is 15.0. The molecule has 0 amide bonds. The van der Waals surface area contributed by atoms with Gasteiger partial charge in [0.1, 0.15) is 13.2 Å². The molecule has 2 aromatic rings. The number of hydrogen-bond acceptors (Lipinski definition) is 7. The lowest BCUT2D eigenvalue weighted by atomic mass is 10.3. The second kappa shape index (κ2) is 10.7. The van der Waals surface area contributed by atoms with Crippen LogP contribution in [0.25, 0.3) is 0 Å². The molecule has 0 radical (unpaired) electrons. The van der Waals surface area contributed by atoms with Gasteiger partial charge in [-0.25, -0.2) is 9.13 Å². The van der Waals surface area contributed by atoms with E-state index in [0.717, 1.165) is 13.3 Å². The van der Waals surface area contributed by atoms with Crippen molar-refractivity contribution in [1.82, 2.24) is 0 Å². The summed E-state index contributed by atoms with van der Waals surface area (Å²) in [7, 11) is -7.37. The Morgan fingerprint density at radius 1 is 0.655 bits per heavy atom. The third-order valence-corrected chi connectivity index (χ3v) is 4.28. The van der Waals surface area contributed by atoms with Gasteiger partial charge < -0.3 is 33.0 Å². The minimum absolute atomic E-state index is 0.179. The van der Waals surface area contributed by atoms with E-state index in [9.17, 15) is 18.9 Å². The first-order chi connectivity index (χ1) is 13.6. The highest BCUT2D eigenvalue weighted by molar-refractivity contribution is 7.52. The summed E-state index contributed by atoms with van der Waals surface area (Å²) in [5.41, 5.74) is 0. The second-order valence-electron chi connectivity index (χ2n) is 5.99. The molecule has 160 valence electrons. The molecule has 0 aliphatic rings. The van der Waals surface area contributed by atoms with E-state index in [-0.39, 0.29) is 37.9 Å². The van der Waals surface area contributed by atoms with Crippen molar-refractivity contribution in [3.8, 4) is 23.0 Å². The summed E-state index contributed by atoms with van der Waals surface area (Å²) in [4.78, 5) is 18.7. The average molecular weight is 446 g/mol. The van der Waals surface area contributed by atoms with Crippen molar-refractivity contribution < 1.29 is 42.2 Å². The van der Waals surface area contributed by atoms with E-state index >= 15 is 0 Å². The van der Waals surface area contributed by atoms with Gasteiger partial charge in [-0.2, -0.15) is 0 Å².